The van der Waals surface area contributed by atoms with Crippen LogP contribution in [0.3, 0.4) is 0 Å². The van der Waals surface area contributed by atoms with E-state index in [1.54, 1.807) is 28.8 Å². The summed E-state index contributed by atoms with van der Waals surface area (Å²) < 4.78 is 54.4. The maximum Gasteiger partial charge on any atom is 0.416 e. The van der Waals surface area contributed by atoms with E-state index in [1.165, 1.54) is 6.33 Å². The number of nitrogens with one attached hydrogen (secondary N) is 3. The third-order valence-electron chi connectivity index (χ3n) is 6.08. The van der Waals surface area contributed by atoms with E-state index in [9.17, 15) is 22.4 Å². The quantitative estimate of drug-likeness (QED) is 0.300. The smallest absolute Gasteiger partial charge is 0.382 e. The number of nitrogens with two attached hydrogens (primary N) is 1. The van der Waals surface area contributed by atoms with Gasteiger partial charge in [-0.25, -0.2) is 18.7 Å². The van der Waals surface area contributed by atoms with Gasteiger partial charge in [0, 0.05) is 29.4 Å². The Hall–Kier alpha value is -4.19. The van der Waals surface area contributed by atoms with Gasteiger partial charge in [-0.05, 0) is 54.9 Å². The number of hydrogen-bond acceptors (Lipinski definition) is 5. The van der Waals surface area contributed by atoms with Crippen molar-refractivity contribution in [3.05, 3.63) is 71.9 Å². The Kier molecular flexibility index (Phi) is 5.96. The summed E-state index contributed by atoms with van der Waals surface area (Å²) in [5, 5.41) is 12.3. The van der Waals surface area contributed by atoms with Crippen molar-refractivity contribution in [3.63, 3.8) is 0 Å². The van der Waals surface area contributed by atoms with Crippen LogP contribution in [0.4, 0.5) is 39.5 Å². The highest BCUT2D eigenvalue weighted by atomic mass is 19.4. The van der Waals surface area contributed by atoms with Gasteiger partial charge in [0.15, 0.2) is 5.82 Å². The van der Waals surface area contributed by atoms with Crippen LogP contribution >= 0.6 is 0 Å². The SMILES string of the molecule is Nc1ncnn2c(C3CCNC3)cc(-c3ccc(NC(=O)Nc4cc(C(F)(F)F)ccc4F)cc3)c12. The first-order chi connectivity index (χ1) is 17.2. The first-order valence-corrected chi connectivity index (χ1v) is 11.1. The number of nitrogens with zero attached hydrogens (tertiary/aromatic N) is 3. The van der Waals surface area contributed by atoms with Crippen LogP contribution in [-0.4, -0.2) is 33.7 Å². The molecule has 8 nitrogen and oxygen atoms in total. The third kappa shape index (κ3) is 4.54. The lowest BCUT2D eigenvalue weighted by Crippen LogP contribution is -2.20. The molecule has 1 aliphatic heterocycles. The number of amides is 2. The van der Waals surface area contributed by atoms with Gasteiger partial charge in [0.25, 0.3) is 0 Å². The summed E-state index contributed by atoms with van der Waals surface area (Å²) in [6.45, 7) is 1.75. The molecule has 12 heteroatoms. The van der Waals surface area contributed by atoms with Crippen LogP contribution in [0.15, 0.2) is 54.9 Å². The Morgan fingerprint density at radius 1 is 1.11 bits per heavy atom. The van der Waals surface area contributed by atoms with Crippen molar-refractivity contribution in [2.24, 2.45) is 0 Å². The van der Waals surface area contributed by atoms with Gasteiger partial charge in [-0.2, -0.15) is 18.3 Å². The molecule has 0 bridgehead atoms. The number of urea groups is 1. The molecule has 0 radical (unpaired) electrons. The van der Waals surface area contributed by atoms with Crippen LogP contribution in [0.1, 0.15) is 23.6 Å². The number of aromatic nitrogens is 3. The number of alkyl halides is 3. The van der Waals surface area contributed by atoms with Gasteiger partial charge >= 0.3 is 12.2 Å². The molecular formula is C24H21F4N7O. The van der Waals surface area contributed by atoms with Crippen molar-refractivity contribution < 1.29 is 22.4 Å². The lowest BCUT2D eigenvalue weighted by atomic mass is 10.0. The third-order valence-corrected chi connectivity index (χ3v) is 6.08. The highest BCUT2D eigenvalue weighted by Gasteiger charge is 2.31. The second-order valence-corrected chi connectivity index (χ2v) is 8.43. The number of anilines is 3. The van der Waals surface area contributed by atoms with E-state index < -0.39 is 29.3 Å². The van der Waals surface area contributed by atoms with Crippen molar-refractivity contribution in [1.29, 1.82) is 0 Å². The van der Waals surface area contributed by atoms with Crippen molar-refractivity contribution >= 4 is 28.7 Å². The second kappa shape index (κ2) is 9.11. The number of rotatable bonds is 4. The Morgan fingerprint density at radius 3 is 2.58 bits per heavy atom. The fourth-order valence-corrected chi connectivity index (χ4v) is 4.33. The number of carbonyl (C=O) groups is 1. The van der Waals surface area contributed by atoms with Gasteiger partial charge in [-0.1, -0.05) is 12.1 Å². The van der Waals surface area contributed by atoms with Gasteiger partial charge < -0.3 is 21.7 Å². The van der Waals surface area contributed by atoms with E-state index in [4.69, 9.17) is 5.73 Å². The highest BCUT2D eigenvalue weighted by molar-refractivity contribution is 6.00. The van der Waals surface area contributed by atoms with Crippen LogP contribution in [0.2, 0.25) is 0 Å². The van der Waals surface area contributed by atoms with Crippen LogP contribution in [0, 0.1) is 5.82 Å². The number of halogens is 4. The van der Waals surface area contributed by atoms with Crippen LogP contribution < -0.4 is 21.7 Å². The standard InChI is InChI=1S/C24H21F4N7O/c25-18-6-3-15(24(26,27)28)9-19(18)34-23(36)33-16-4-1-13(2-5-16)17-10-20(14-7-8-30-11-14)35-21(17)22(29)31-12-32-35/h1-6,9-10,12,14,30H,7-8,11H2,(H2,29,31,32)(H2,33,34,36). The Morgan fingerprint density at radius 2 is 1.89 bits per heavy atom. The topological polar surface area (TPSA) is 109 Å². The van der Waals surface area contributed by atoms with Gasteiger partial charge in [-0.3, -0.25) is 0 Å². The number of carbonyl (C=O) groups excluding carboxylic acids is 1. The van der Waals surface area contributed by atoms with Crippen molar-refractivity contribution in [1.82, 2.24) is 19.9 Å². The maximum absolute atomic E-state index is 13.9. The maximum atomic E-state index is 13.9. The zero-order chi connectivity index (χ0) is 25.4. The Labute approximate surface area is 202 Å². The van der Waals surface area contributed by atoms with E-state index in [1.807, 2.05) is 6.07 Å². The van der Waals surface area contributed by atoms with Gasteiger partial charge in [0.1, 0.15) is 17.7 Å². The van der Waals surface area contributed by atoms with Gasteiger partial charge in [0.05, 0.1) is 11.3 Å². The van der Waals surface area contributed by atoms with Crippen LogP contribution in [-0.2, 0) is 6.18 Å². The summed E-state index contributed by atoms with van der Waals surface area (Å²) in [5.74, 6) is -0.370. The normalized spacial score (nSPS) is 15.8. The monoisotopic (exact) mass is 499 g/mol. The van der Waals surface area contributed by atoms with Gasteiger partial charge in [0.2, 0.25) is 0 Å². The van der Waals surface area contributed by atoms with E-state index in [-0.39, 0.29) is 5.92 Å². The molecule has 186 valence electrons. The first-order valence-electron chi connectivity index (χ1n) is 11.1. The predicted molar refractivity (Wildman–Crippen MR) is 127 cm³/mol. The molecule has 5 N–H and O–H groups in total. The van der Waals surface area contributed by atoms with Crippen molar-refractivity contribution in [3.8, 4) is 11.1 Å². The van der Waals surface area contributed by atoms with E-state index in [2.05, 4.69) is 26.0 Å². The summed E-state index contributed by atoms with van der Waals surface area (Å²) in [5.41, 5.74) is 8.21. The Bertz CT molecular complexity index is 1430. The molecule has 1 fully saturated rings. The molecule has 4 aromatic rings. The average Bonchev–Trinajstić information content (AvgIpc) is 3.49. The molecule has 1 unspecified atom stereocenters. The molecule has 2 amide bonds. The van der Waals surface area contributed by atoms with Crippen LogP contribution in [0.25, 0.3) is 16.6 Å². The second-order valence-electron chi connectivity index (χ2n) is 8.43. The fraction of sp³-hybridized carbons (Fsp3) is 0.208. The summed E-state index contributed by atoms with van der Waals surface area (Å²) in [4.78, 5) is 16.4. The molecule has 1 atom stereocenters. The summed E-state index contributed by atoms with van der Waals surface area (Å²) >= 11 is 0. The minimum atomic E-state index is -4.66. The molecule has 0 spiro atoms. The van der Waals surface area contributed by atoms with Gasteiger partial charge in [-0.15, -0.1) is 0 Å². The number of fused-ring (bicyclic) bond motifs is 1. The summed E-state index contributed by atoms with van der Waals surface area (Å²) in [7, 11) is 0. The highest BCUT2D eigenvalue weighted by Crippen LogP contribution is 2.35. The fourth-order valence-electron chi connectivity index (χ4n) is 4.33. The summed E-state index contributed by atoms with van der Waals surface area (Å²) in [6.07, 6.45) is -2.28. The van der Waals surface area contributed by atoms with E-state index in [0.29, 0.717) is 35.2 Å². The van der Waals surface area contributed by atoms with Crippen molar-refractivity contribution in [2.45, 2.75) is 18.5 Å². The zero-order valence-electron chi connectivity index (χ0n) is 18.7. The molecule has 36 heavy (non-hydrogen) atoms. The first kappa shape index (κ1) is 23.5. The lowest BCUT2D eigenvalue weighted by molar-refractivity contribution is -0.137. The summed E-state index contributed by atoms with van der Waals surface area (Å²) in [6, 6.07) is 9.72. The number of benzene rings is 2. The molecule has 0 aliphatic carbocycles. The zero-order valence-corrected chi connectivity index (χ0v) is 18.7. The van der Waals surface area contributed by atoms with Crippen molar-refractivity contribution in [2.75, 3.05) is 29.5 Å². The van der Waals surface area contributed by atoms with E-state index >= 15 is 0 Å². The molecule has 0 saturated carbocycles. The molecule has 3 heterocycles. The minimum absolute atomic E-state index is 0.279. The number of nitrogen functional groups attached to an aromatic ring is 1. The molecule has 1 aliphatic rings. The van der Waals surface area contributed by atoms with E-state index in [0.717, 1.165) is 36.3 Å². The molecule has 2 aromatic carbocycles. The molecule has 1 saturated heterocycles. The minimum Gasteiger partial charge on any atom is -0.382 e. The largest absolute Gasteiger partial charge is 0.416 e. The number of hydrogen-bond donors (Lipinski definition) is 4. The molecular weight excluding hydrogens is 478 g/mol. The lowest BCUT2D eigenvalue weighted by Gasteiger charge is -2.12. The average molecular weight is 499 g/mol. The predicted octanol–water partition coefficient (Wildman–Crippen LogP) is 4.86. The molecule has 2 aromatic heterocycles. The Balaban J connectivity index is 1.37. The molecule has 5 rings (SSSR count). The van der Waals surface area contributed by atoms with Crippen LogP contribution in [0.5, 0.6) is 0 Å².